The van der Waals surface area contributed by atoms with E-state index < -0.39 is 5.60 Å². The second-order valence-corrected chi connectivity index (χ2v) is 5.11. The Morgan fingerprint density at radius 3 is 1.95 bits per heavy atom. The highest BCUT2D eigenvalue weighted by atomic mass is 35.5. The van der Waals surface area contributed by atoms with Gasteiger partial charge in [0.15, 0.2) is 0 Å². The summed E-state index contributed by atoms with van der Waals surface area (Å²) in [6.07, 6.45) is 0. The Kier molecular flexibility index (Phi) is 4.65. The SMILES string of the molecule is COC(C)(CO)c1ccc(Oc2ccc(Cl)cc2)cc1. The highest BCUT2D eigenvalue weighted by molar-refractivity contribution is 6.30. The van der Waals surface area contributed by atoms with Crippen molar-refractivity contribution >= 4 is 11.6 Å². The first kappa shape index (κ1) is 14.9. The fraction of sp³-hybridized carbons (Fsp3) is 0.250. The van der Waals surface area contributed by atoms with Gasteiger partial charge in [0.1, 0.15) is 17.1 Å². The standard InChI is InChI=1S/C16H17ClO3/c1-16(11-18,19-2)12-3-7-14(8-4-12)20-15-9-5-13(17)6-10-15/h3-10,18H,11H2,1-2H3. The molecule has 0 saturated carbocycles. The van der Waals surface area contributed by atoms with Crippen molar-refractivity contribution in [3.63, 3.8) is 0 Å². The Balaban J connectivity index is 2.14. The minimum atomic E-state index is -0.696. The molecule has 106 valence electrons. The first-order valence-electron chi connectivity index (χ1n) is 6.27. The number of hydrogen-bond acceptors (Lipinski definition) is 3. The summed E-state index contributed by atoms with van der Waals surface area (Å²) in [5, 5.41) is 10.1. The average Bonchev–Trinajstić information content (AvgIpc) is 2.49. The van der Waals surface area contributed by atoms with Gasteiger partial charge in [-0.25, -0.2) is 0 Å². The van der Waals surface area contributed by atoms with Crippen LogP contribution in [0.1, 0.15) is 12.5 Å². The lowest BCUT2D eigenvalue weighted by atomic mass is 9.97. The Hall–Kier alpha value is -1.55. The molecule has 0 saturated heterocycles. The molecule has 2 rings (SSSR count). The van der Waals surface area contributed by atoms with Crippen molar-refractivity contribution in [2.75, 3.05) is 13.7 Å². The van der Waals surface area contributed by atoms with Crippen molar-refractivity contribution < 1.29 is 14.6 Å². The van der Waals surface area contributed by atoms with Gasteiger partial charge in [0.05, 0.1) is 6.61 Å². The number of benzene rings is 2. The zero-order valence-electron chi connectivity index (χ0n) is 11.5. The quantitative estimate of drug-likeness (QED) is 0.906. The predicted octanol–water partition coefficient (Wildman–Crippen LogP) is 3.99. The Bertz CT molecular complexity index is 545. The number of hydrogen-bond donors (Lipinski definition) is 1. The zero-order chi connectivity index (χ0) is 14.6. The number of aliphatic hydroxyl groups excluding tert-OH is 1. The lowest BCUT2D eigenvalue weighted by Crippen LogP contribution is -2.28. The van der Waals surface area contributed by atoms with Crippen LogP contribution >= 0.6 is 11.6 Å². The van der Waals surface area contributed by atoms with Gasteiger partial charge in [-0.1, -0.05) is 23.7 Å². The van der Waals surface area contributed by atoms with Crippen LogP contribution in [0.4, 0.5) is 0 Å². The van der Waals surface area contributed by atoms with E-state index in [0.717, 1.165) is 11.3 Å². The normalized spacial score (nSPS) is 13.8. The summed E-state index contributed by atoms with van der Waals surface area (Å²) in [6, 6.07) is 14.6. The van der Waals surface area contributed by atoms with E-state index in [9.17, 15) is 5.11 Å². The molecule has 2 aromatic carbocycles. The van der Waals surface area contributed by atoms with E-state index >= 15 is 0 Å². The summed E-state index contributed by atoms with van der Waals surface area (Å²) in [6.45, 7) is 1.75. The second-order valence-electron chi connectivity index (χ2n) is 4.67. The maximum Gasteiger partial charge on any atom is 0.127 e. The molecule has 0 aromatic heterocycles. The van der Waals surface area contributed by atoms with Gasteiger partial charge in [-0.15, -0.1) is 0 Å². The predicted molar refractivity (Wildman–Crippen MR) is 79.4 cm³/mol. The maximum atomic E-state index is 9.40. The van der Waals surface area contributed by atoms with E-state index in [1.54, 1.807) is 19.2 Å². The summed E-state index contributed by atoms with van der Waals surface area (Å²) in [5.74, 6) is 1.44. The molecule has 0 aliphatic rings. The summed E-state index contributed by atoms with van der Waals surface area (Å²) in [7, 11) is 1.58. The van der Waals surface area contributed by atoms with Gasteiger partial charge in [-0.05, 0) is 48.9 Å². The number of methoxy groups -OCH3 is 1. The van der Waals surface area contributed by atoms with Gasteiger partial charge < -0.3 is 14.6 Å². The Morgan fingerprint density at radius 2 is 1.50 bits per heavy atom. The number of aliphatic hydroxyl groups is 1. The minimum Gasteiger partial charge on any atom is -0.457 e. The molecule has 20 heavy (non-hydrogen) atoms. The van der Waals surface area contributed by atoms with Crippen LogP contribution in [-0.4, -0.2) is 18.8 Å². The fourth-order valence-electron chi connectivity index (χ4n) is 1.79. The first-order chi connectivity index (χ1) is 9.57. The van der Waals surface area contributed by atoms with Gasteiger partial charge in [0.2, 0.25) is 0 Å². The smallest absolute Gasteiger partial charge is 0.127 e. The molecular formula is C16H17ClO3. The van der Waals surface area contributed by atoms with Crippen molar-refractivity contribution in [3.8, 4) is 11.5 Å². The molecule has 0 spiro atoms. The number of ether oxygens (including phenoxy) is 2. The molecule has 1 atom stereocenters. The third-order valence-corrected chi connectivity index (χ3v) is 3.52. The topological polar surface area (TPSA) is 38.7 Å². The van der Waals surface area contributed by atoms with Crippen LogP contribution in [0.15, 0.2) is 48.5 Å². The summed E-state index contributed by atoms with van der Waals surface area (Å²) >= 11 is 5.82. The molecule has 4 heteroatoms. The molecule has 0 amide bonds. The molecule has 2 aromatic rings. The molecule has 1 unspecified atom stereocenters. The summed E-state index contributed by atoms with van der Waals surface area (Å²) < 4.78 is 11.0. The van der Waals surface area contributed by atoms with Crippen LogP contribution in [0.3, 0.4) is 0 Å². The van der Waals surface area contributed by atoms with Crippen molar-refractivity contribution in [2.24, 2.45) is 0 Å². The maximum absolute atomic E-state index is 9.40. The molecule has 0 aliphatic carbocycles. The van der Waals surface area contributed by atoms with Crippen LogP contribution in [0, 0.1) is 0 Å². The van der Waals surface area contributed by atoms with E-state index in [0.29, 0.717) is 10.8 Å². The van der Waals surface area contributed by atoms with Crippen LogP contribution < -0.4 is 4.74 Å². The highest BCUT2D eigenvalue weighted by Crippen LogP contribution is 2.28. The molecular weight excluding hydrogens is 276 g/mol. The van der Waals surface area contributed by atoms with Gasteiger partial charge in [0.25, 0.3) is 0 Å². The van der Waals surface area contributed by atoms with Crippen LogP contribution in [-0.2, 0) is 10.3 Å². The molecule has 0 bridgehead atoms. The fourth-order valence-corrected chi connectivity index (χ4v) is 1.91. The Labute approximate surface area is 123 Å². The highest BCUT2D eigenvalue weighted by Gasteiger charge is 2.24. The van der Waals surface area contributed by atoms with Crippen molar-refractivity contribution in [2.45, 2.75) is 12.5 Å². The lowest BCUT2D eigenvalue weighted by Gasteiger charge is -2.26. The largest absolute Gasteiger partial charge is 0.457 e. The molecule has 0 radical (unpaired) electrons. The van der Waals surface area contributed by atoms with E-state index in [1.807, 2.05) is 43.3 Å². The lowest BCUT2D eigenvalue weighted by molar-refractivity contribution is -0.0422. The third kappa shape index (κ3) is 3.31. The molecule has 3 nitrogen and oxygen atoms in total. The Morgan fingerprint density at radius 1 is 1.00 bits per heavy atom. The second kappa shape index (κ2) is 6.27. The van der Waals surface area contributed by atoms with E-state index in [-0.39, 0.29) is 6.61 Å². The average molecular weight is 293 g/mol. The van der Waals surface area contributed by atoms with Gasteiger partial charge >= 0.3 is 0 Å². The van der Waals surface area contributed by atoms with Gasteiger partial charge in [0, 0.05) is 12.1 Å². The van der Waals surface area contributed by atoms with Gasteiger partial charge in [-0.2, -0.15) is 0 Å². The van der Waals surface area contributed by atoms with E-state index in [1.165, 1.54) is 0 Å². The summed E-state index contributed by atoms with van der Waals surface area (Å²) in [5.41, 5.74) is 0.199. The van der Waals surface area contributed by atoms with E-state index in [4.69, 9.17) is 21.1 Å². The third-order valence-electron chi connectivity index (χ3n) is 3.27. The van der Waals surface area contributed by atoms with Crippen molar-refractivity contribution in [3.05, 3.63) is 59.1 Å². The van der Waals surface area contributed by atoms with Gasteiger partial charge in [-0.3, -0.25) is 0 Å². The van der Waals surface area contributed by atoms with Crippen LogP contribution in [0.2, 0.25) is 5.02 Å². The van der Waals surface area contributed by atoms with Crippen LogP contribution in [0.5, 0.6) is 11.5 Å². The minimum absolute atomic E-state index is 0.0825. The molecule has 0 heterocycles. The first-order valence-corrected chi connectivity index (χ1v) is 6.65. The zero-order valence-corrected chi connectivity index (χ0v) is 12.2. The molecule has 0 fully saturated rings. The molecule has 0 aliphatic heterocycles. The summed E-state index contributed by atoms with van der Waals surface area (Å²) in [4.78, 5) is 0. The van der Waals surface area contributed by atoms with E-state index in [2.05, 4.69) is 0 Å². The number of rotatable bonds is 5. The van der Waals surface area contributed by atoms with Crippen molar-refractivity contribution in [1.82, 2.24) is 0 Å². The van der Waals surface area contributed by atoms with Crippen molar-refractivity contribution in [1.29, 1.82) is 0 Å². The number of halogens is 1. The molecule has 1 N–H and O–H groups in total. The monoisotopic (exact) mass is 292 g/mol. The van der Waals surface area contributed by atoms with Crippen LogP contribution in [0.25, 0.3) is 0 Å².